The first-order valence-electron chi connectivity index (χ1n) is 7.75. The summed E-state index contributed by atoms with van der Waals surface area (Å²) in [7, 11) is -9.57. The Morgan fingerprint density at radius 2 is 1.28 bits per heavy atom. The maximum absolute atomic E-state index is 11.8. The zero-order valence-corrected chi connectivity index (χ0v) is 16.1. The number of nitrogen functional groups attached to an aromatic ring is 3. The van der Waals surface area contributed by atoms with Gasteiger partial charge >= 0.3 is 0 Å². The molecule has 0 fully saturated rings. The SMILES string of the molecule is Nc1ccc(N=Nc2cc(S(=O)(=O)O)c3cc(N)cc(S(=O)(=O)O)c3c2)c(N)c1. The van der Waals surface area contributed by atoms with Gasteiger partial charge in [0.25, 0.3) is 20.2 Å². The number of anilines is 3. The summed E-state index contributed by atoms with van der Waals surface area (Å²) in [6, 6.07) is 8.68. The van der Waals surface area contributed by atoms with Crippen molar-refractivity contribution in [1.82, 2.24) is 0 Å². The van der Waals surface area contributed by atoms with Crippen LogP contribution in [0.3, 0.4) is 0 Å². The van der Waals surface area contributed by atoms with Crippen LogP contribution in [0.4, 0.5) is 28.4 Å². The van der Waals surface area contributed by atoms with Crippen molar-refractivity contribution in [2.75, 3.05) is 17.2 Å². The van der Waals surface area contributed by atoms with E-state index in [1.54, 1.807) is 0 Å². The Morgan fingerprint density at radius 1 is 0.690 bits per heavy atom. The van der Waals surface area contributed by atoms with Gasteiger partial charge in [0.15, 0.2) is 0 Å². The van der Waals surface area contributed by atoms with E-state index >= 15 is 0 Å². The molecule has 0 radical (unpaired) electrons. The molecule has 3 aromatic rings. The van der Waals surface area contributed by atoms with Crippen molar-refractivity contribution in [2.45, 2.75) is 9.79 Å². The van der Waals surface area contributed by atoms with Crippen LogP contribution in [-0.2, 0) is 20.2 Å². The van der Waals surface area contributed by atoms with Crippen LogP contribution in [0.5, 0.6) is 0 Å². The first-order chi connectivity index (χ1) is 13.4. The Balaban J connectivity index is 2.32. The molecule has 0 saturated heterocycles. The fourth-order valence-corrected chi connectivity index (χ4v) is 4.11. The van der Waals surface area contributed by atoms with Crippen molar-refractivity contribution in [2.24, 2.45) is 10.2 Å². The lowest BCUT2D eigenvalue weighted by Crippen LogP contribution is -2.04. The first-order valence-corrected chi connectivity index (χ1v) is 10.6. The van der Waals surface area contributed by atoms with E-state index in [1.807, 2.05) is 0 Å². The van der Waals surface area contributed by atoms with Gasteiger partial charge in [-0.15, -0.1) is 5.11 Å². The molecule has 0 unspecified atom stereocenters. The van der Waals surface area contributed by atoms with E-state index < -0.39 is 30.0 Å². The molecule has 0 aliphatic carbocycles. The molecule has 152 valence electrons. The van der Waals surface area contributed by atoms with Crippen molar-refractivity contribution in [3.05, 3.63) is 42.5 Å². The molecule has 11 nitrogen and oxygen atoms in total. The lowest BCUT2D eigenvalue weighted by Gasteiger charge is -2.10. The monoisotopic (exact) mass is 437 g/mol. The summed E-state index contributed by atoms with van der Waals surface area (Å²) in [4.78, 5) is -1.31. The van der Waals surface area contributed by atoms with Gasteiger partial charge in [-0.3, -0.25) is 9.11 Å². The van der Waals surface area contributed by atoms with Gasteiger partial charge in [0.05, 0.1) is 11.4 Å². The molecule has 0 spiro atoms. The van der Waals surface area contributed by atoms with Gasteiger partial charge in [0.2, 0.25) is 0 Å². The highest BCUT2D eigenvalue weighted by Crippen LogP contribution is 2.36. The second-order valence-corrected chi connectivity index (χ2v) is 8.81. The lowest BCUT2D eigenvalue weighted by atomic mass is 10.1. The minimum atomic E-state index is -4.80. The number of hydrogen-bond donors (Lipinski definition) is 5. The number of hydrogen-bond acceptors (Lipinski definition) is 9. The highest BCUT2D eigenvalue weighted by atomic mass is 32.2. The largest absolute Gasteiger partial charge is 0.399 e. The Hall–Kier alpha value is -3.26. The van der Waals surface area contributed by atoms with Crippen LogP contribution in [0.25, 0.3) is 10.8 Å². The van der Waals surface area contributed by atoms with Crippen molar-refractivity contribution < 1.29 is 25.9 Å². The van der Waals surface area contributed by atoms with Crippen LogP contribution in [0.2, 0.25) is 0 Å². The standard InChI is InChI=1S/C16H15N5O6S2/c17-8-1-2-14(13(19)4-8)21-20-10-6-12-11(16(7-10)29(25,26)27)3-9(18)5-15(12)28(22,23)24/h1-7H,17-19H2,(H,22,23,24)(H,25,26,27). The third kappa shape index (κ3) is 4.27. The molecular formula is C16H15N5O6S2. The molecule has 13 heteroatoms. The topological polar surface area (TPSA) is 212 Å². The fourth-order valence-electron chi connectivity index (χ4n) is 2.66. The first kappa shape index (κ1) is 20.5. The van der Waals surface area contributed by atoms with Crippen LogP contribution in [-0.4, -0.2) is 25.9 Å². The Morgan fingerprint density at radius 3 is 1.86 bits per heavy atom. The number of nitrogens with zero attached hydrogens (tertiary/aromatic N) is 2. The fraction of sp³-hybridized carbons (Fsp3) is 0. The van der Waals surface area contributed by atoms with Crippen molar-refractivity contribution in [3.8, 4) is 0 Å². The molecule has 0 saturated carbocycles. The molecule has 0 aromatic heterocycles. The Kier molecular flexibility index (Phi) is 4.92. The van der Waals surface area contributed by atoms with Crippen LogP contribution in [0.1, 0.15) is 0 Å². The Labute approximate surface area is 165 Å². The predicted octanol–water partition coefficient (Wildman–Crippen LogP) is 2.50. The van der Waals surface area contributed by atoms with E-state index in [9.17, 15) is 25.9 Å². The zero-order chi connectivity index (χ0) is 21.6. The van der Waals surface area contributed by atoms with Crippen LogP contribution >= 0.6 is 0 Å². The van der Waals surface area contributed by atoms with Crippen LogP contribution in [0.15, 0.2) is 62.5 Å². The average Bonchev–Trinajstić information content (AvgIpc) is 2.58. The van der Waals surface area contributed by atoms with Gasteiger partial charge in [-0.25, -0.2) is 0 Å². The Bertz CT molecular complexity index is 1380. The van der Waals surface area contributed by atoms with E-state index in [-0.39, 0.29) is 33.5 Å². The highest BCUT2D eigenvalue weighted by molar-refractivity contribution is 7.86. The molecule has 3 rings (SSSR count). The van der Waals surface area contributed by atoms with Crippen molar-refractivity contribution in [1.29, 1.82) is 0 Å². The van der Waals surface area contributed by atoms with Gasteiger partial charge in [-0.1, -0.05) is 0 Å². The van der Waals surface area contributed by atoms with Crippen molar-refractivity contribution >= 4 is 59.4 Å². The van der Waals surface area contributed by atoms with E-state index in [0.717, 1.165) is 18.2 Å². The number of fused-ring (bicyclic) bond motifs is 1. The quantitative estimate of drug-likeness (QED) is 0.230. The molecule has 0 heterocycles. The molecular weight excluding hydrogens is 422 g/mol. The number of rotatable bonds is 4. The smallest absolute Gasteiger partial charge is 0.295 e. The highest BCUT2D eigenvalue weighted by Gasteiger charge is 2.22. The summed E-state index contributed by atoms with van der Waals surface area (Å²) < 4.78 is 66.2. The summed E-state index contributed by atoms with van der Waals surface area (Å²) >= 11 is 0. The van der Waals surface area contributed by atoms with E-state index in [4.69, 9.17) is 17.2 Å². The molecule has 0 aliphatic heterocycles. The van der Waals surface area contributed by atoms with Gasteiger partial charge in [0.1, 0.15) is 15.5 Å². The van der Waals surface area contributed by atoms with E-state index in [1.165, 1.54) is 24.3 Å². The molecule has 29 heavy (non-hydrogen) atoms. The van der Waals surface area contributed by atoms with E-state index in [2.05, 4.69) is 10.2 Å². The summed E-state index contributed by atoms with van der Waals surface area (Å²) in [5.74, 6) is 0. The van der Waals surface area contributed by atoms with Gasteiger partial charge in [-0.2, -0.15) is 21.9 Å². The van der Waals surface area contributed by atoms with Gasteiger partial charge < -0.3 is 17.2 Å². The van der Waals surface area contributed by atoms with Crippen LogP contribution in [0, 0.1) is 0 Å². The second kappa shape index (κ2) is 6.97. The predicted molar refractivity (Wildman–Crippen MR) is 107 cm³/mol. The molecule has 0 aliphatic rings. The zero-order valence-electron chi connectivity index (χ0n) is 14.5. The van der Waals surface area contributed by atoms with Gasteiger partial charge in [-0.05, 0) is 42.5 Å². The maximum atomic E-state index is 11.8. The molecule has 0 amide bonds. The minimum Gasteiger partial charge on any atom is -0.399 e. The van der Waals surface area contributed by atoms with Crippen LogP contribution < -0.4 is 17.2 Å². The lowest BCUT2D eigenvalue weighted by molar-refractivity contribution is 0.481. The molecule has 3 aromatic carbocycles. The second-order valence-electron chi connectivity index (χ2n) is 6.03. The number of benzene rings is 3. The average molecular weight is 437 g/mol. The molecule has 0 atom stereocenters. The number of nitrogens with two attached hydrogens (primary N) is 3. The summed E-state index contributed by atoms with van der Waals surface area (Å²) in [5.41, 5.74) is 17.5. The maximum Gasteiger partial charge on any atom is 0.295 e. The normalized spacial score (nSPS) is 12.6. The molecule has 8 N–H and O–H groups in total. The third-order valence-corrected chi connectivity index (χ3v) is 5.67. The van der Waals surface area contributed by atoms with E-state index in [0.29, 0.717) is 5.69 Å². The minimum absolute atomic E-state index is 0.129. The van der Waals surface area contributed by atoms with Gasteiger partial charge in [0, 0.05) is 22.1 Å². The number of azo groups is 1. The molecule has 0 bridgehead atoms. The van der Waals surface area contributed by atoms with Crippen molar-refractivity contribution in [3.63, 3.8) is 0 Å². The third-order valence-electron chi connectivity index (χ3n) is 3.88. The summed E-state index contributed by atoms with van der Waals surface area (Å²) in [6.07, 6.45) is 0. The summed E-state index contributed by atoms with van der Waals surface area (Å²) in [5, 5.41) is 7.30. The summed E-state index contributed by atoms with van der Waals surface area (Å²) in [6.45, 7) is 0.